The summed E-state index contributed by atoms with van der Waals surface area (Å²) in [6, 6.07) is 9.33. The van der Waals surface area contributed by atoms with E-state index in [2.05, 4.69) is 10.3 Å². The van der Waals surface area contributed by atoms with Gasteiger partial charge in [0, 0.05) is 30.4 Å². The highest BCUT2D eigenvalue weighted by Gasteiger charge is 2.25. The number of imidazole rings is 1. The number of nitrogens with one attached hydrogen (secondary N) is 1. The molecule has 2 aromatic carbocycles. The van der Waals surface area contributed by atoms with E-state index in [0.717, 1.165) is 0 Å². The van der Waals surface area contributed by atoms with Gasteiger partial charge >= 0.3 is 0 Å². The Labute approximate surface area is 159 Å². The third-order valence-electron chi connectivity index (χ3n) is 4.70. The average Bonchev–Trinajstić information content (AvgIpc) is 3.24. The van der Waals surface area contributed by atoms with Crippen molar-refractivity contribution in [1.29, 1.82) is 0 Å². The molecule has 4 aromatic rings. The van der Waals surface area contributed by atoms with Crippen LogP contribution < -0.4 is 5.32 Å². The quantitative estimate of drug-likeness (QED) is 0.574. The fourth-order valence-electron chi connectivity index (χ4n) is 3.21. The number of carbonyl (C=O) groups is 1. The molecule has 0 bridgehead atoms. The van der Waals surface area contributed by atoms with E-state index in [9.17, 15) is 13.6 Å². The third-order valence-corrected chi connectivity index (χ3v) is 4.70. The fraction of sp³-hybridized carbons (Fsp3) is 0.143. The Morgan fingerprint density at radius 2 is 1.86 bits per heavy atom. The molecule has 0 aliphatic heterocycles. The summed E-state index contributed by atoms with van der Waals surface area (Å²) in [5.41, 5.74) is 1.65. The Kier molecular flexibility index (Phi) is 4.43. The third kappa shape index (κ3) is 3.15. The van der Waals surface area contributed by atoms with E-state index >= 15 is 0 Å². The number of benzene rings is 2. The SMILES string of the molecule is Cc1c(C(=O)N[C@@H](c2ccc(F)cc2)c2nccn2C)oc2ccc(F)cc12. The predicted octanol–water partition coefficient (Wildman–Crippen LogP) is 4.27. The first-order chi connectivity index (χ1) is 13.4. The van der Waals surface area contributed by atoms with E-state index in [1.54, 1.807) is 43.1 Å². The standard InChI is InChI=1S/C21H17F2N3O2/c1-12-16-11-15(23)7-8-17(16)28-19(12)21(27)25-18(20-24-9-10-26(20)2)13-3-5-14(22)6-4-13/h3-11,18H,1-2H3,(H,25,27)/t18-/m0/s1. The van der Waals surface area contributed by atoms with Crippen LogP contribution >= 0.6 is 0 Å². The average molecular weight is 381 g/mol. The number of hydrogen-bond acceptors (Lipinski definition) is 3. The van der Waals surface area contributed by atoms with E-state index in [4.69, 9.17) is 4.42 Å². The topological polar surface area (TPSA) is 60.1 Å². The maximum Gasteiger partial charge on any atom is 0.288 e. The lowest BCUT2D eigenvalue weighted by Gasteiger charge is -2.18. The van der Waals surface area contributed by atoms with E-state index in [1.807, 2.05) is 0 Å². The van der Waals surface area contributed by atoms with Gasteiger partial charge in [-0.3, -0.25) is 4.79 Å². The second-order valence-corrected chi connectivity index (χ2v) is 6.55. The van der Waals surface area contributed by atoms with Crippen molar-refractivity contribution in [3.63, 3.8) is 0 Å². The van der Waals surface area contributed by atoms with Gasteiger partial charge in [-0.1, -0.05) is 12.1 Å². The van der Waals surface area contributed by atoms with E-state index in [-0.39, 0.29) is 11.6 Å². The number of aryl methyl sites for hydroxylation is 2. The molecule has 0 fully saturated rings. The first kappa shape index (κ1) is 17.9. The Hall–Kier alpha value is -3.48. The summed E-state index contributed by atoms with van der Waals surface area (Å²) >= 11 is 0. The van der Waals surface area contributed by atoms with Gasteiger partial charge in [-0.15, -0.1) is 0 Å². The lowest BCUT2D eigenvalue weighted by Crippen LogP contribution is -2.31. The maximum atomic E-state index is 13.5. The van der Waals surface area contributed by atoms with Gasteiger partial charge < -0.3 is 14.3 Å². The van der Waals surface area contributed by atoms with Gasteiger partial charge in [0.25, 0.3) is 5.91 Å². The van der Waals surface area contributed by atoms with E-state index < -0.39 is 17.8 Å². The number of halogens is 2. The number of fused-ring (bicyclic) bond motifs is 1. The van der Waals surface area contributed by atoms with Crippen molar-refractivity contribution in [2.75, 3.05) is 0 Å². The van der Waals surface area contributed by atoms with Gasteiger partial charge in [0.15, 0.2) is 5.76 Å². The normalized spacial score (nSPS) is 12.3. The zero-order valence-corrected chi connectivity index (χ0v) is 15.2. The Bertz CT molecular complexity index is 1160. The molecule has 4 rings (SSSR count). The Morgan fingerprint density at radius 3 is 2.54 bits per heavy atom. The van der Waals surface area contributed by atoms with Crippen molar-refractivity contribution in [3.05, 3.63) is 89.2 Å². The molecule has 0 radical (unpaired) electrons. The number of rotatable bonds is 4. The van der Waals surface area contributed by atoms with Crippen molar-refractivity contribution in [3.8, 4) is 0 Å². The van der Waals surface area contributed by atoms with Crippen LogP contribution in [0.15, 0.2) is 59.3 Å². The summed E-state index contributed by atoms with van der Waals surface area (Å²) in [4.78, 5) is 17.3. The lowest BCUT2D eigenvalue weighted by atomic mass is 10.1. The lowest BCUT2D eigenvalue weighted by molar-refractivity contribution is 0.0914. The molecule has 1 N–H and O–H groups in total. The molecule has 1 amide bonds. The summed E-state index contributed by atoms with van der Waals surface area (Å²) in [6.07, 6.45) is 3.38. The molecule has 0 saturated carbocycles. The zero-order valence-electron chi connectivity index (χ0n) is 15.2. The molecule has 142 valence electrons. The second-order valence-electron chi connectivity index (χ2n) is 6.55. The number of amides is 1. The zero-order chi connectivity index (χ0) is 19.8. The molecular weight excluding hydrogens is 364 g/mol. The van der Waals surface area contributed by atoms with Crippen LogP contribution in [0.5, 0.6) is 0 Å². The molecule has 2 aromatic heterocycles. The molecule has 0 aliphatic rings. The minimum absolute atomic E-state index is 0.0990. The van der Waals surface area contributed by atoms with Crippen molar-refractivity contribution in [2.24, 2.45) is 7.05 Å². The number of furan rings is 1. The molecule has 0 aliphatic carbocycles. The highest BCUT2D eigenvalue weighted by atomic mass is 19.1. The molecule has 5 nitrogen and oxygen atoms in total. The first-order valence-corrected chi connectivity index (χ1v) is 8.66. The summed E-state index contributed by atoms with van der Waals surface area (Å²) in [5.74, 6) is -0.558. The van der Waals surface area contributed by atoms with Gasteiger partial charge in [0.05, 0.1) is 0 Å². The van der Waals surface area contributed by atoms with Gasteiger partial charge in [-0.25, -0.2) is 13.8 Å². The molecule has 7 heteroatoms. The number of nitrogens with zero attached hydrogens (tertiary/aromatic N) is 2. The Balaban J connectivity index is 1.73. The summed E-state index contributed by atoms with van der Waals surface area (Å²) < 4.78 is 34.3. The van der Waals surface area contributed by atoms with E-state index in [1.165, 1.54) is 30.3 Å². The van der Waals surface area contributed by atoms with Gasteiger partial charge in [0.1, 0.15) is 29.1 Å². The van der Waals surface area contributed by atoms with Gasteiger partial charge in [-0.2, -0.15) is 0 Å². The Morgan fingerprint density at radius 1 is 1.14 bits per heavy atom. The van der Waals surface area contributed by atoms with Crippen LogP contribution in [0.4, 0.5) is 8.78 Å². The van der Waals surface area contributed by atoms with Crippen LogP contribution in [0.1, 0.15) is 33.5 Å². The number of aromatic nitrogens is 2. The molecule has 0 spiro atoms. The first-order valence-electron chi connectivity index (χ1n) is 8.66. The fourth-order valence-corrected chi connectivity index (χ4v) is 3.21. The van der Waals surface area contributed by atoms with Crippen molar-refractivity contribution < 1.29 is 18.0 Å². The molecule has 0 saturated heterocycles. The molecular formula is C21H17F2N3O2. The van der Waals surface area contributed by atoms with Crippen LogP contribution in [0.2, 0.25) is 0 Å². The van der Waals surface area contributed by atoms with Crippen LogP contribution in [0.25, 0.3) is 11.0 Å². The van der Waals surface area contributed by atoms with Gasteiger partial charge in [-0.05, 0) is 42.8 Å². The second kappa shape index (κ2) is 6.92. The molecule has 1 atom stereocenters. The van der Waals surface area contributed by atoms with Gasteiger partial charge in [0.2, 0.25) is 0 Å². The largest absolute Gasteiger partial charge is 0.451 e. The van der Waals surface area contributed by atoms with E-state index in [0.29, 0.717) is 27.9 Å². The minimum atomic E-state index is -0.613. The van der Waals surface area contributed by atoms with Crippen LogP contribution in [-0.2, 0) is 7.05 Å². The highest BCUT2D eigenvalue weighted by Crippen LogP contribution is 2.27. The summed E-state index contributed by atoms with van der Waals surface area (Å²) in [5, 5.41) is 3.44. The van der Waals surface area contributed by atoms with Crippen molar-refractivity contribution >= 4 is 16.9 Å². The van der Waals surface area contributed by atoms with Crippen molar-refractivity contribution in [2.45, 2.75) is 13.0 Å². The molecule has 28 heavy (non-hydrogen) atoms. The number of hydrogen-bond donors (Lipinski definition) is 1. The maximum absolute atomic E-state index is 13.5. The highest BCUT2D eigenvalue weighted by molar-refractivity contribution is 5.99. The molecule has 2 heterocycles. The molecule has 0 unspecified atom stereocenters. The monoisotopic (exact) mass is 381 g/mol. The van der Waals surface area contributed by atoms with Crippen LogP contribution in [0, 0.1) is 18.6 Å². The summed E-state index contributed by atoms with van der Waals surface area (Å²) in [7, 11) is 1.81. The predicted molar refractivity (Wildman–Crippen MR) is 99.8 cm³/mol. The summed E-state index contributed by atoms with van der Waals surface area (Å²) in [6.45, 7) is 1.70. The van der Waals surface area contributed by atoms with Crippen LogP contribution in [0.3, 0.4) is 0 Å². The number of carbonyl (C=O) groups excluding carboxylic acids is 1. The smallest absolute Gasteiger partial charge is 0.288 e. The minimum Gasteiger partial charge on any atom is -0.451 e. The van der Waals surface area contributed by atoms with Crippen LogP contribution in [-0.4, -0.2) is 15.5 Å². The van der Waals surface area contributed by atoms with Crippen molar-refractivity contribution in [1.82, 2.24) is 14.9 Å².